The smallest absolute Gasteiger partial charge is 0.308 e. The molecule has 2 rings (SSSR count). The van der Waals surface area contributed by atoms with E-state index >= 15 is 0 Å². The van der Waals surface area contributed by atoms with Crippen LogP contribution in [0.15, 0.2) is 24.3 Å². The second-order valence-electron chi connectivity index (χ2n) is 5.02. The number of ether oxygens (including phenoxy) is 1. The lowest BCUT2D eigenvalue weighted by atomic mass is 9.96. The molecule has 20 heavy (non-hydrogen) atoms. The summed E-state index contributed by atoms with van der Waals surface area (Å²) in [5, 5.41) is 9.20. The van der Waals surface area contributed by atoms with E-state index in [0.717, 1.165) is 5.56 Å². The van der Waals surface area contributed by atoms with Crippen molar-refractivity contribution in [3.8, 4) is 5.75 Å². The van der Waals surface area contributed by atoms with Gasteiger partial charge in [-0.15, -0.1) is 0 Å². The Morgan fingerprint density at radius 3 is 2.40 bits per heavy atom. The molecule has 1 N–H and O–H groups in total. The van der Waals surface area contributed by atoms with E-state index in [1.165, 1.54) is 7.11 Å². The van der Waals surface area contributed by atoms with E-state index in [1.54, 1.807) is 29.2 Å². The molecule has 108 valence electrons. The van der Waals surface area contributed by atoms with Gasteiger partial charge >= 0.3 is 5.97 Å². The second-order valence-corrected chi connectivity index (χ2v) is 5.02. The lowest BCUT2D eigenvalue weighted by Gasteiger charge is -2.30. The Morgan fingerprint density at radius 2 is 1.85 bits per heavy atom. The number of piperidine rings is 1. The Bertz CT molecular complexity index is 475. The fraction of sp³-hybridized carbons (Fsp3) is 0.467. The van der Waals surface area contributed by atoms with Gasteiger partial charge in [0.1, 0.15) is 5.75 Å². The van der Waals surface area contributed by atoms with E-state index in [9.17, 15) is 14.7 Å². The highest BCUT2D eigenvalue weighted by Gasteiger charge is 2.27. The molecular formula is C15H19NO4. The summed E-state index contributed by atoms with van der Waals surface area (Å²) in [5.41, 5.74) is 0.878. The van der Waals surface area contributed by atoms with Gasteiger partial charge in [-0.2, -0.15) is 0 Å². The lowest BCUT2D eigenvalue weighted by molar-refractivity contribution is -0.148. The number of likely N-dealkylation sites (tertiary alicyclic amines) is 1. The first-order valence-corrected chi connectivity index (χ1v) is 6.73. The maximum atomic E-state index is 12.1. The first-order valence-electron chi connectivity index (χ1n) is 6.73. The zero-order chi connectivity index (χ0) is 14.5. The molecule has 0 unspecified atom stereocenters. The number of hydrogen-bond acceptors (Lipinski definition) is 4. The molecule has 1 fully saturated rings. The molecule has 1 saturated heterocycles. The summed E-state index contributed by atoms with van der Waals surface area (Å²) in [5.74, 6) is -0.0209. The van der Waals surface area contributed by atoms with Gasteiger partial charge in [-0.05, 0) is 30.5 Å². The van der Waals surface area contributed by atoms with Gasteiger partial charge in [-0.25, -0.2) is 0 Å². The molecule has 5 heteroatoms. The van der Waals surface area contributed by atoms with Crippen molar-refractivity contribution in [2.75, 3.05) is 20.2 Å². The Balaban J connectivity index is 1.85. The number of esters is 1. The van der Waals surface area contributed by atoms with Crippen LogP contribution in [0.5, 0.6) is 5.75 Å². The molecule has 0 atom stereocenters. The highest BCUT2D eigenvalue weighted by Crippen LogP contribution is 2.19. The minimum Gasteiger partial charge on any atom is -0.508 e. The average molecular weight is 277 g/mol. The molecule has 1 aromatic carbocycles. The fourth-order valence-corrected chi connectivity index (χ4v) is 2.43. The Kier molecular flexibility index (Phi) is 4.61. The van der Waals surface area contributed by atoms with Crippen LogP contribution >= 0.6 is 0 Å². The molecule has 0 bridgehead atoms. The van der Waals surface area contributed by atoms with Crippen LogP contribution in [0.25, 0.3) is 0 Å². The van der Waals surface area contributed by atoms with E-state index in [0.29, 0.717) is 32.4 Å². The van der Waals surface area contributed by atoms with Crippen molar-refractivity contribution >= 4 is 11.9 Å². The van der Waals surface area contributed by atoms with Crippen LogP contribution in [-0.4, -0.2) is 42.1 Å². The topological polar surface area (TPSA) is 66.8 Å². The number of amides is 1. The van der Waals surface area contributed by atoms with Crippen LogP contribution in [-0.2, 0) is 20.7 Å². The molecular weight excluding hydrogens is 258 g/mol. The molecule has 0 radical (unpaired) electrons. The molecule has 1 heterocycles. The number of methoxy groups -OCH3 is 1. The van der Waals surface area contributed by atoms with Gasteiger partial charge < -0.3 is 14.7 Å². The maximum Gasteiger partial charge on any atom is 0.308 e. The van der Waals surface area contributed by atoms with Crippen LogP contribution in [0.4, 0.5) is 0 Å². The Hall–Kier alpha value is -2.04. The zero-order valence-electron chi connectivity index (χ0n) is 11.5. The van der Waals surface area contributed by atoms with Crippen molar-refractivity contribution in [3.63, 3.8) is 0 Å². The molecule has 0 aliphatic carbocycles. The third-order valence-electron chi connectivity index (χ3n) is 3.67. The first kappa shape index (κ1) is 14.4. The van der Waals surface area contributed by atoms with E-state index in [4.69, 9.17) is 4.74 Å². The van der Waals surface area contributed by atoms with Crippen molar-refractivity contribution in [1.82, 2.24) is 4.90 Å². The van der Waals surface area contributed by atoms with E-state index in [2.05, 4.69) is 0 Å². The summed E-state index contributed by atoms with van der Waals surface area (Å²) < 4.78 is 4.73. The number of carbonyl (C=O) groups excluding carboxylic acids is 2. The molecule has 1 amide bonds. The molecule has 0 saturated carbocycles. The molecule has 1 aliphatic heterocycles. The van der Waals surface area contributed by atoms with Crippen LogP contribution in [0.2, 0.25) is 0 Å². The SMILES string of the molecule is COC(=O)C1CCN(C(=O)Cc2ccc(O)cc2)CC1. The number of hydrogen-bond donors (Lipinski definition) is 1. The van der Waals surface area contributed by atoms with E-state index in [1.807, 2.05) is 0 Å². The molecule has 0 spiro atoms. The van der Waals surface area contributed by atoms with Crippen LogP contribution < -0.4 is 0 Å². The van der Waals surface area contributed by atoms with Crippen molar-refractivity contribution in [2.24, 2.45) is 5.92 Å². The Labute approximate surface area is 118 Å². The van der Waals surface area contributed by atoms with E-state index < -0.39 is 0 Å². The van der Waals surface area contributed by atoms with Crippen molar-refractivity contribution < 1.29 is 19.4 Å². The van der Waals surface area contributed by atoms with Gasteiger partial charge in [0.25, 0.3) is 0 Å². The summed E-state index contributed by atoms with van der Waals surface area (Å²) in [6, 6.07) is 6.64. The summed E-state index contributed by atoms with van der Waals surface area (Å²) >= 11 is 0. The fourth-order valence-electron chi connectivity index (χ4n) is 2.43. The van der Waals surface area contributed by atoms with Crippen molar-refractivity contribution in [1.29, 1.82) is 0 Å². The highest BCUT2D eigenvalue weighted by atomic mass is 16.5. The Morgan fingerprint density at radius 1 is 1.25 bits per heavy atom. The quantitative estimate of drug-likeness (QED) is 0.847. The number of phenols is 1. The maximum absolute atomic E-state index is 12.1. The minimum atomic E-state index is -0.185. The standard InChI is InChI=1S/C15H19NO4/c1-20-15(19)12-6-8-16(9-7-12)14(18)10-11-2-4-13(17)5-3-11/h2-5,12,17H,6-10H2,1H3. The summed E-state index contributed by atoms with van der Waals surface area (Å²) in [7, 11) is 1.39. The number of carbonyl (C=O) groups is 2. The largest absolute Gasteiger partial charge is 0.508 e. The highest BCUT2D eigenvalue weighted by molar-refractivity contribution is 5.79. The van der Waals surface area contributed by atoms with Gasteiger partial charge in [0.15, 0.2) is 0 Å². The predicted octanol–water partition coefficient (Wildman–Crippen LogP) is 1.35. The molecule has 5 nitrogen and oxygen atoms in total. The van der Waals surface area contributed by atoms with Gasteiger partial charge in [-0.3, -0.25) is 9.59 Å². The van der Waals surface area contributed by atoms with Crippen molar-refractivity contribution in [2.45, 2.75) is 19.3 Å². The number of aromatic hydroxyl groups is 1. The van der Waals surface area contributed by atoms with Gasteiger partial charge in [-0.1, -0.05) is 12.1 Å². The number of benzene rings is 1. The average Bonchev–Trinajstić information content (AvgIpc) is 2.49. The lowest BCUT2D eigenvalue weighted by Crippen LogP contribution is -2.41. The third kappa shape index (κ3) is 3.50. The van der Waals surface area contributed by atoms with Crippen molar-refractivity contribution in [3.05, 3.63) is 29.8 Å². The second kappa shape index (κ2) is 6.41. The summed E-state index contributed by atoms with van der Waals surface area (Å²) in [4.78, 5) is 25.3. The van der Waals surface area contributed by atoms with Crippen LogP contribution in [0.3, 0.4) is 0 Å². The van der Waals surface area contributed by atoms with Crippen LogP contribution in [0, 0.1) is 5.92 Å². The molecule has 1 aromatic rings. The molecule has 0 aromatic heterocycles. The van der Waals surface area contributed by atoms with Gasteiger partial charge in [0.05, 0.1) is 19.4 Å². The summed E-state index contributed by atoms with van der Waals surface area (Å²) in [6.45, 7) is 1.19. The van der Waals surface area contributed by atoms with Crippen LogP contribution in [0.1, 0.15) is 18.4 Å². The minimum absolute atomic E-state index is 0.0546. The van der Waals surface area contributed by atoms with Gasteiger partial charge in [0, 0.05) is 13.1 Å². The van der Waals surface area contributed by atoms with Gasteiger partial charge in [0.2, 0.25) is 5.91 Å². The first-order chi connectivity index (χ1) is 9.60. The number of nitrogens with zero attached hydrogens (tertiary/aromatic N) is 1. The third-order valence-corrected chi connectivity index (χ3v) is 3.67. The number of rotatable bonds is 3. The molecule has 1 aliphatic rings. The predicted molar refractivity (Wildman–Crippen MR) is 73.1 cm³/mol. The normalized spacial score (nSPS) is 15.9. The summed E-state index contributed by atoms with van der Waals surface area (Å²) in [6.07, 6.45) is 1.64. The number of phenolic OH excluding ortho intramolecular Hbond substituents is 1. The zero-order valence-corrected chi connectivity index (χ0v) is 11.5. The van der Waals surface area contributed by atoms with E-state index in [-0.39, 0.29) is 23.5 Å². The monoisotopic (exact) mass is 277 g/mol.